The van der Waals surface area contributed by atoms with E-state index in [1.54, 1.807) is 30.3 Å². The van der Waals surface area contributed by atoms with Crippen molar-refractivity contribution >= 4 is 35.4 Å². The van der Waals surface area contributed by atoms with E-state index >= 15 is 0 Å². The zero-order chi connectivity index (χ0) is 15.9. The summed E-state index contributed by atoms with van der Waals surface area (Å²) < 4.78 is 4.70. The average Bonchev–Trinajstić information content (AvgIpc) is 2.54. The Morgan fingerprint density at radius 2 is 1.95 bits per heavy atom. The van der Waals surface area contributed by atoms with Crippen LogP contribution in [-0.2, 0) is 4.74 Å². The van der Waals surface area contributed by atoms with Crippen molar-refractivity contribution in [2.75, 3.05) is 11.9 Å². The van der Waals surface area contributed by atoms with Crippen LogP contribution < -0.4 is 5.32 Å². The summed E-state index contributed by atoms with van der Waals surface area (Å²) in [7, 11) is 0. The molecule has 112 valence electrons. The summed E-state index contributed by atoms with van der Waals surface area (Å²) >= 11 is 5.83. The quantitative estimate of drug-likeness (QED) is 0.503. The summed E-state index contributed by atoms with van der Waals surface area (Å²) in [6.07, 6.45) is 0.158. The number of carbonyl (C=O) groups is 2. The van der Waals surface area contributed by atoms with Crippen molar-refractivity contribution in [1.29, 1.82) is 5.41 Å². The number of anilines is 1. The Kier molecular flexibility index (Phi) is 5.21. The van der Waals surface area contributed by atoms with Gasteiger partial charge in [-0.15, -0.1) is 0 Å². The molecule has 1 amide bonds. The van der Waals surface area contributed by atoms with Gasteiger partial charge in [0.15, 0.2) is 0 Å². The molecule has 0 saturated heterocycles. The van der Waals surface area contributed by atoms with Gasteiger partial charge in [-0.05, 0) is 12.1 Å². The van der Waals surface area contributed by atoms with Crippen LogP contribution >= 0.6 is 11.6 Å². The van der Waals surface area contributed by atoms with Crippen LogP contribution in [-0.4, -0.2) is 29.7 Å². The molecule has 1 aromatic carbocycles. The van der Waals surface area contributed by atoms with E-state index in [1.165, 1.54) is 12.1 Å². The van der Waals surface area contributed by atoms with Crippen LogP contribution in [0.5, 0.6) is 0 Å². The van der Waals surface area contributed by atoms with E-state index in [2.05, 4.69) is 10.3 Å². The third kappa shape index (κ3) is 3.89. The predicted octanol–water partition coefficient (Wildman–Crippen LogP) is 3.16. The monoisotopic (exact) mass is 317 g/mol. The number of hydrogen-bond donors (Lipinski definition) is 2. The van der Waals surface area contributed by atoms with Crippen LogP contribution in [0.4, 0.5) is 10.5 Å². The molecule has 0 aliphatic carbocycles. The Bertz CT molecular complexity index is 704. The number of halogens is 1. The number of carbonyl (C=O) groups excluding carboxylic acids is 2. The smallest absolute Gasteiger partial charge is 0.412 e. The highest BCUT2D eigenvalue weighted by Crippen LogP contribution is 2.20. The van der Waals surface area contributed by atoms with E-state index in [1.807, 2.05) is 0 Å². The zero-order valence-electron chi connectivity index (χ0n) is 11.4. The zero-order valence-corrected chi connectivity index (χ0v) is 12.1. The lowest BCUT2D eigenvalue weighted by atomic mass is 10.1. The minimum absolute atomic E-state index is 0.0190. The summed E-state index contributed by atoms with van der Waals surface area (Å²) in [5, 5.41) is 9.37. The summed E-state index contributed by atoms with van der Waals surface area (Å²) in [5.41, 5.74) is 0.631. The molecular weight excluding hydrogens is 306 g/mol. The molecule has 0 radical (unpaired) electrons. The van der Waals surface area contributed by atoms with Gasteiger partial charge in [-0.25, -0.2) is 9.78 Å². The van der Waals surface area contributed by atoms with Gasteiger partial charge >= 0.3 is 6.09 Å². The maximum Gasteiger partial charge on any atom is 0.412 e. The molecule has 0 fully saturated rings. The molecule has 2 rings (SSSR count). The van der Waals surface area contributed by atoms with Gasteiger partial charge in [-0.2, -0.15) is 0 Å². The number of ketones is 1. The van der Waals surface area contributed by atoms with Gasteiger partial charge in [-0.1, -0.05) is 41.9 Å². The lowest BCUT2D eigenvalue weighted by Gasteiger charge is -2.10. The van der Waals surface area contributed by atoms with E-state index < -0.39 is 6.09 Å². The van der Waals surface area contributed by atoms with Crippen molar-refractivity contribution in [2.24, 2.45) is 0 Å². The van der Waals surface area contributed by atoms with Gasteiger partial charge in [0.25, 0.3) is 0 Å². The summed E-state index contributed by atoms with van der Waals surface area (Å²) in [4.78, 5) is 28.0. The molecule has 0 atom stereocenters. The largest absolute Gasteiger partial charge is 0.443 e. The molecule has 1 heterocycles. The summed E-state index contributed by atoms with van der Waals surface area (Å²) in [6, 6.07) is 11.4. The lowest BCUT2D eigenvalue weighted by molar-refractivity contribution is 0.103. The second-order valence-corrected chi connectivity index (χ2v) is 4.54. The van der Waals surface area contributed by atoms with E-state index in [-0.39, 0.29) is 28.9 Å². The number of benzene rings is 1. The van der Waals surface area contributed by atoms with Crippen molar-refractivity contribution in [1.82, 2.24) is 4.98 Å². The van der Waals surface area contributed by atoms with Crippen LogP contribution in [0.1, 0.15) is 16.1 Å². The SMILES string of the molecule is N=CCOC(=O)Nc1ccc(Cl)nc1C(=O)c1ccccc1. The number of rotatable bonds is 5. The molecular formula is C15H12ClN3O3. The normalized spacial score (nSPS) is 9.86. The maximum atomic E-state index is 12.5. The highest BCUT2D eigenvalue weighted by atomic mass is 35.5. The Labute approximate surface area is 131 Å². The number of ether oxygens (including phenoxy) is 1. The third-order valence-electron chi connectivity index (χ3n) is 2.65. The number of aromatic nitrogens is 1. The van der Waals surface area contributed by atoms with E-state index in [0.717, 1.165) is 6.21 Å². The van der Waals surface area contributed by atoms with Crippen LogP contribution in [0, 0.1) is 5.41 Å². The summed E-state index contributed by atoms with van der Waals surface area (Å²) in [6.45, 7) is -0.158. The fraction of sp³-hybridized carbons (Fsp3) is 0.0667. The van der Waals surface area contributed by atoms with Gasteiger partial charge in [0.2, 0.25) is 5.78 Å². The minimum atomic E-state index is -0.783. The van der Waals surface area contributed by atoms with Crippen LogP contribution in [0.15, 0.2) is 42.5 Å². The molecule has 0 aliphatic rings. The maximum absolute atomic E-state index is 12.5. The van der Waals surface area contributed by atoms with Crippen molar-refractivity contribution in [2.45, 2.75) is 0 Å². The fourth-order valence-electron chi connectivity index (χ4n) is 1.70. The molecule has 2 aromatic rings. The van der Waals surface area contributed by atoms with Crippen molar-refractivity contribution in [3.05, 3.63) is 58.9 Å². The third-order valence-corrected chi connectivity index (χ3v) is 2.86. The van der Waals surface area contributed by atoms with E-state index in [4.69, 9.17) is 21.7 Å². The minimum Gasteiger partial charge on any atom is -0.443 e. The first-order valence-corrected chi connectivity index (χ1v) is 6.68. The van der Waals surface area contributed by atoms with E-state index in [9.17, 15) is 9.59 Å². The highest BCUT2D eigenvalue weighted by molar-refractivity contribution is 6.30. The molecule has 1 aromatic heterocycles. The summed E-state index contributed by atoms with van der Waals surface area (Å²) in [5.74, 6) is -0.370. The average molecular weight is 318 g/mol. The van der Waals surface area contributed by atoms with Crippen molar-refractivity contribution < 1.29 is 14.3 Å². The predicted molar refractivity (Wildman–Crippen MR) is 82.9 cm³/mol. The number of hydrogen-bond acceptors (Lipinski definition) is 5. The fourth-order valence-corrected chi connectivity index (χ4v) is 1.85. The van der Waals surface area contributed by atoms with Crippen LogP contribution in [0.2, 0.25) is 5.15 Å². The second-order valence-electron chi connectivity index (χ2n) is 4.15. The van der Waals surface area contributed by atoms with Crippen LogP contribution in [0.3, 0.4) is 0 Å². The number of pyridine rings is 1. The second kappa shape index (κ2) is 7.33. The first-order valence-electron chi connectivity index (χ1n) is 6.31. The number of nitrogens with zero attached hydrogens (tertiary/aromatic N) is 1. The Morgan fingerprint density at radius 1 is 1.23 bits per heavy atom. The molecule has 0 spiro atoms. The Balaban J connectivity index is 2.30. The molecule has 22 heavy (non-hydrogen) atoms. The van der Waals surface area contributed by atoms with E-state index in [0.29, 0.717) is 5.56 Å². The molecule has 0 aliphatic heterocycles. The number of nitrogens with one attached hydrogen (secondary N) is 2. The first-order chi connectivity index (χ1) is 10.6. The van der Waals surface area contributed by atoms with Gasteiger partial charge in [-0.3, -0.25) is 10.1 Å². The Hall–Kier alpha value is -2.73. The van der Waals surface area contributed by atoms with Gasteiger partial charge in [0.05, 0.1) is 5.69 Å². The highest BCUT2D eigenvalue weighted by Gasteiger charge is 2.18. The number of amides is 1. The first kappa shape index (κ1) is 15.7. The topological polar surface area (TPSA) is 92.1 Å². The van der Waals surface area contributed by atoms with Gasteiger partial charge in [0.1, 0.15) is 17.5 Å². The van der Waals surface area contributed by atoms with Crippen LogP contribution in [0.25, 0.3) is 0 Å². The Morgan fingerprint density at radius 3 is 2.64 bits per heavy atom. The molecule has 6 nitrogen and oxygen atoms in total. The molecule has 7 heteroatoms. The standard InChI is InChI=1S/C15H12ClN3O3/c16-12-7-6-11(18-15(21)22-9-8-17)13(19-12)14(20)10-4-2-1-3-5-10/h1-8,17H,9H2,(H,18,21). The molecule has 2 N–H and O–H groups in total. The lowest BCUT2D eigenvalue weighted by Crippen LogP contribution is -2.18. The molecule has 0 saturated carbocycles. The van der Waals surface area contributed by atoms with Gasteiger partial charge < -0.3 is 10.1 Å². The van der Waals surface area contributed by atoms with Crippen molar-refractivity contribution in [3.63, 3.8) is 0 Å². The molecule has 0 unspecified atom stereocenters. The van der Waals surface area contributed by atoms with Crippen molar-refractivity contribution in [3.8, 4) is 0 Å². The van der Waals surface area contributed by atoms with Gasteiger partial charge in [0, 0.05) is 11.8 Å². The molecule has 0 bridgehead atoms.